The molecule has 2 nitrogen and oxygen atoms in total. The minimum Gasteiger partial charge on any atom is -0.481 e. The van der Waals surface area contributed by atoms with Gasteiger partial charge in [-0.1, -0.05) is 93.2 Å². The highest BCUT2D eigenvalue weighted by Crippen LogP contribution is 2.34. The van der Waals surface area contributed by atoms with Crippen LogP contribution in [0.25, 0.3) is 0 Å². The highest BCUT2D eigenvalue weighted by atomic mass is 16.4. The van der Waals surface area contributed by atoms with Crippen molar-refractivity contribution in [2.45, 2.75) is 147 Å². The van der Waals surface area contributed by atoms with Crippen LogP contribution in [0.5, 0.6) is 0 Å². The van der Waals surface area contributed by atoms with E-state index in [9.17, 15) is 9.90 Å². The monoisotopic (exact) mass is 605 g/mol. The van der Waals surface area contributed by atoms with Crippen molar-refractivity contribution in [2.75, 3.05) is 0 Å². The van der Waals surface area contributed by atoms with Crippen molar-refractivity contribution in [1.29, 1.82) is 0 Å². The summed E-state index contributed by atoms with van der Waals surface area (Å²) < 4.78 is 0. The summed E-state index contributed by atoms with van der Waals surface area (Å²) in [6.45, 7) is 25.9. The molecule has 2 atom stereocenters. The molecule has 0 aliphatic heterocycles. The van der Waals surface area contributed by atoms with Crippen LogP contribution in [-0.2, 0) is 4.79 Å². The molecule has 2 unspecified atom stereocenters. The minimum absolute atomic E-state index is 0.0659. The lowest BCUT2D eigenvalue weighted by Crippen LogP contribution is -2.29. The lowest BCUT2D eigenvalue weighted by atomic mass is 9.75. The van der Waals surface area contributed by atoms with Crippen molar-refractivity contribution >= 4 is 5.97 Å². The average molecular weight is 605 g/mol. The number of carboxylic acid groups (broad SMARTS) is 1. The van der Waals surface area contributed by atoms with Gasteiger partial charge in [0, 0.05) is 0 Å². The minimum atomic E-state index is -0.687. The van der Waals surface area contributed by atoms with Gasteiger partial charge in [-0.2, -0.15) is 0 Å². The Morgan fingerprint density at radius 2 is 0.727 bits per heavy atom. The number of allylic oxidation sites excluding steroid dienone is 16. The Morgan fingerprint density at radius 3 is 0.977 bits per heavy atom. The number of hydrogen-bond donors (Lipinski definition) is 1. The van der Waals surface area contributed by atoms with Crippen LogP contribution in [-0.4, -0.2) is 11.1 Å². The zero-order chi connectivity index (χ0) is 33.7. The van der Waals surface area contributed by atoms with Gasteiger partial charge in [0.25, 0.3) is 0 Å². The Bertz CT molecular complexity index is 1010. The smallest absolute Gasteiger partial charge is 0.307 e. The maximum Gasteiger partial charge on any atom is 0.307 e. The van der Waals surface area contributed by atoms with Crippen molar-refractivity contribution < 1.29 is 9.90 Å². The fraction of sp³-hybridized carbons (Fsp3) is 0.595. The summed E-state index contributed by atoms with van der Waals surface area (Å²) in [6.07, 6.45) is 27.8. The Morgan fingerprint density at radius 1 is 0.455 bits per heavy atom. The van der Waals surface area contributed by atoms with Crippen LogP contribution in [0, 0.1) is 17.8 Å². The molecule has 248 valence electrons. The van der Waals surface area contributed by atoms with Gasteiger partial charge >= 0.3 is 5.97 Å². The van der Waals surface area contributed by atoms with Crippen LogP contribution >= 0.6 is 0 Å². The Labute approximate surface area is 273 Å². The Kier molecular flexibility index (Phi) is 22.3. The quantitative estimate of drug-likeness (QED) is 0.132. The van der Waals surface area contributed by atoms with Crippen molar-refractivity contribution in [1.82, 2.24) is 0 Å². The molecule has 1 N–H and O–H groups in total. The first-order valence-electron chi connectivity index (χ1n) is 17.0. The number of rotatable bonds is 21. The van der Waals surface area contributed by atoms with Crippen molar-refractivity contribution in [3.63, 3.8) is 0 Å². The molecule has 0 aromatic carbocycles. The molecule has 0 aromatic heterocycles. The molecule has 0 saturated heterocycles. The molecular formula is C42H68O2. The standard InChI is InChI=1S/C42H68O2/c1-31(2)17-13-21-35(9)25-27-39(29-37(11)23-15-19-33(5)6)41(42(43)44)40(30-38(12)24-16-20-34(7)8)28-26-36(10)22-14-18-32(3)4/h17-20,25-26,29-30,39-41H,13-16,21-24,27-28H2,1-12H3,(H,43,44)/b35-25+,36-26+,37-29+,38-30+. The molecular weight excluding hydrogens is 536 g/mol. The highest BCUT2D eigenvalue weighted by Gasteiger charge is 2.32. The van der Waals surface area contributed by atoms with E-state index in [1.807, 2.05) is 0 Å². The summed E-state index contributed by atoms with van der Waals surface area (Å²) in [7, 11) is 0. The molecule has 0 amide bonds. The molecule has 0 rings (SSSR count). The fourth-order valence-corrected chi connectivity index (χ4v) is 5.45. The van der Waals surface area contributed by atoms with E-state index in [0.29, 0.717) is 0 Å². The van der Waals surface area contributed by atoms with Gasteiger partial charge in [0.05, 0.1) is 5.92 Å². The van der Waals surface area contributed by atoms with Gasteiger partial charge in [-0.15, -0.1) is 0 Å². The van der Waals surface area contributed by atoms with E-state index in [0.717, 1.165) is 64.2 Å². The number of carboxylic acids is 1. The van der Waals surface area contributed by atoms with Crippen LogP contribution in [0.15, 0.2) is 93.2 Å². The summed E-state index contributed by atoms with van der Waals surface area (Å²) in [4.78, 5) is 13.2. The van der Waals surface area contributed by atoms with E-state index in [2.05, 4.69) is 132 Å². The second kappa shape index (κ2) is 23.7. The van der Waals surface area contributed by atoms with Gasteiger partial charge in [-0.25, -0.2) is 0 Å². The molecule has 44 heavy (non-hydrogen) atoms. The van der Waals surface area contributed by atoms with Gasteiger partial charge in [0.15, 0.2) is 0 Å². The SMILES string of the molecule is CC(C)=CCC/C(C)=C/CC(/C=C(\C)CCC=C(C)C)C(C(=O)O)C(/C=C(\C)CCC=C(C)C)C/C=C(\C)CCC=C(C)C. The fourth-order valence-electron chi connectivity index (χ4n) is 5.45. The van der Waals surface area contributed by atoms with E-state index in [-0.39, 0.29) is 11.8 Å². The van der Waals surface area contributed by atoms with Gasteiger partial charge in [0.1, 0.15) is 0 Å². The molecule has 0 aliphatic carbocycles. The van der Waals surface area contributed by atoms with Crippen LogP contribution < -0.4 is 0 Å². The number of hydrogen-bond acceptors (Lipinski definition) is 1. The van der Waals surface area contributed by atoms with Crippen LogP contribution in [0.3, 0.4) is 0 Å². The number of aliphatic carboxylic acids is 1. The van der Waals surface area contributed by atoms with Crippen LogP contribution in [0.1, 0.15) is 147 Å². The topological polar surface area (TPSA) is 37.3 Å². The zero-order valence-corrected chi connectivity index (χ0v) is 30.8. The first-order chi connectivity index (χ1) is 20.6. The third kappa shape index (κ3) is 22.0. The summed E-state index contributed by atoms with van der Waals surface area (Å²) in [5, 5.41) is 10.8. The maximum atomic E-state index is 13.2. The Balaban J connectivity index is 6.61. The van der Waals surface area contributed by atoms with E-state index < -0.39 is 11.9 Å². The largest absolute Gasteiger partial charge is 0.481 e. The van der Waals surface area contributed by atoms with Gasteiger partial charge < -0.3 is 5.11 Å². The second-order valence-electron chi connectivity index (χ2n) is 14.1. The second-order valence-corrected chi connectivity index (χ2v) is 14.1. The predicted octanol–water partition coefficient (Wildman–Crippen LogP) is 13.5. The maximum absolute atomic E-state index is 13.2. The van der Waals surface area contributed by atoms with E-state index in [4.69, 9.17) is 0 Å². The first kappa shape index (κ1) is 41.4. The van der Waals surface area contributed by atoms with Gasteiger partial charge in [0.2, 0.25) is 0 Å². The van der Waals surface area contributed by atoms with Crippen LogP contribution in [0.2, 0.25) is 0 Å². The first-order valence-corrected chi connectivity index (χ1v) is 17.0. The summed E-state index contributed by atoms with van der Waals surface area (Å²) in [6, 6.07) is 0. The lowest BCUT2D eigenvalue weighted by molar-refractivity contribution is -0.144. The normalized spacial score (nSPS) is 14.8. The highest BCUT2D eigenvalue weighted by molar-refractivity contribution is 5.71. The molecule has 0 heterocycles. The van der Waals surface area contributed by atoms with Crippen LogP contribution in [0.4, 0.5) is 0 Å². The van der Waals surface area contributed by atoms with E-state index in [1.54, 1.807) is 0 Å². The molecule has 0 aromatic rings. The van der Waals surface area contributed by atoms with E-state index >= 15 is 0 Å². The summed E-state index contributed by atoms with van der Waals surface area (Å²) >= 11 is 0. The summed E-state index contributed by atoms with van der Waals surface area (Å²) in [5.74, 6) is -1.31. The third-order valence-electron chi connectivity index (χ3n) is 8.05. The molecule has 0 aliphatic rings. The van der Waals surface area contributed by atoms with Crippen molar-refractivity contribution in [3.05, 3.63) is 93.2 Å². The molecule has 0 fully saturated rings. The zero-order valence-electron chi connectivity index (χ0n) is 30.8. The van der Waals surface area contributed by atoms with E-state index in [1.165, 1.54) is 44.6 Å². The summed E-state index contributed by atoms with van der Waals surface area (Å²) in [5.41, 5.74) is 10.6. The number of carbonyl (C=O) groups is 1. The molecule has 0 saturated carbocycles. The Hall–Kier alpha value is -2.61. The van der Waals surface area contributed by atoms with Crippen molar-refractivity contribution in [2.24, 2.45) is 17.8 Å². The van der Waals surface area contributed by atoms with Crippen molar-refractivity contribution in [3.8, 4) is 0 Å². The van der Waals surface area contributed by atoms with Gasteiger partial charge in [-0.05, 0) is 159 Å². The third-order valence-corrected chi connectivity index (χ3v) is 8.05. The molecule has 0 bridgehead atoms. The molecule has 0 radical (unpaired) electrons. The van der Waals surface area contributed by atoms with Gasteiger partial charge in [-0.3, -0.25) is 4.79 Å². The lowest BCUT2D eigenvalue weighted by Gasteiger charge is -2.28. The average Bonchev–Trinajstić information content (AvgIpc) is 2.89. The molecule has 0 spiro atoms. The molecule has 2 heteroatoms. The predicted molar refractivity (Wildman–Crippen MR) is 197 cm³/mol.